The molecule has 0 aromatic carbocycles. The summed E-state index contributed by atoms with van der Waals surface area (Å²) in [5, 5.41) is 20.0. The number of fused-ring (bicyclic) bond motifs is 1. The van der Waals surface area contributed by atoms with Crippen LogP contribution in [0.5, 0.6) is 0 Å². The van der Waals surface area contributed by atoms with E-state index in [4.69, 9.17) is 0 Å². The van der Waals surface area contributed by atoms with Gasteiger partial charge in [-0.15, -0.1) is 0 Å². The van der Waals surface area contributed by atoms with Gasteiger partial charge in [-0.05, 0) is 73.7 Å². The van der Waals surface area contributed by atoms with Crippen molar-refractivity contribution >= 4 is 0 Å². The van der Waals surface area contributed by atoms with E-state index in [1.54, 1.807) is 5.57 Å². The third-order valence-corrected chi connectivity index (χ3v) is 7.14. The largest absolute Gasteiger partial charge is 0.388 e. The Bertz CT molecular complexity index is 541. The van der Waals surface area contributed by atoms with Crippen LogP contribution in [0.1, 0.15) is 79.6 Å². The zero-order valence-electron chi connectivity index (χ0n) is 17.6. The van der Waals surface area contributed by atoms with Gasteiger partial charge < -0.3 is 10.2 Å². The van der Waals surface area contributed by atoms with Crippen LogP contribution in [0.4, 0.5) is 0 Å². The Balaban J connectivity index is 0.00000117. The zero-order chi connectivity index (χ0) is 19.5. The van der Waals surface area contributed by atoms with Gasteiger partial charge >= 0.3 is 0 Å². The number of allylic oxidation sites excluding steroid dienone is 3. The molecule has 3 aliphatic rings. The molecular formula is C24H40O2. The summed E-state index contributed by atoms with van der Waals surface area (Å²) < 4.78 is 0. The maximum atomic E-state index is 10.0. The number of aliphatic hydroxyl groups is 2. The molecule has 3 aliphatic carbocycles. The molecule has 3 fully saturated rings. The van der Waals surface area contributed by atoms with Crippen LogP contribution in [-0.4, -0.2) is 22.4 Å². The summed E-state index contributed by atoms with van der Waals surface area (Å²) in [5.74, 6) is 2.34. The van der Waals surface area contributed by atoms with E-state index in [2.05, 4.69) is 39.5 Å². The molecule has 2 nitrogen and oxygen atoms in total. The summed E-state index contributed by atoms with van der Waals surface area (Å²) in [7, 11) is 0. The second kappa shape index (κ2) is 8.89. The Kier molecular flexibility index (Phi) is 7.33. The highest BCUT2D eigenvalue weighted by Crippen LogP contribution is 2.59. The van der Waals surface area contributed by atoms with E-state index in [9.17, 15) is 10.2 Å². The first-order valence-electron chi connectivity index (χ1n) is 10.8. The van der Waals surface area contributed by atoms with E-state index in [0.29, 0.717) is 23.8 Å². The lowest BCUT2D eigenvalue weighted by atomic mass is 9.61. The van der Waals surface area contributed by atoms with Gasteiger partial charge in [-0.2, -0.15) is 0 Å². The van der Waals surface area contributed by atoms with Crippen LogP contribution in [0, 0.1) is 23.2 Å². The molecule has 2 N–H and O–H groups in total. The molecule has 26 heavy (non-hydrogen) atoms. The maximum absolute atomic E-state index is 10.0. The molecule has 0 radical (unpaired) electrons. The number of rotatable bonds is 2. The van der Waals surface area contributed by atoms with Gasteiger partial charge in [0.2, 0.25) is 0 Å². The van der Waals surface area contributed by atoms with Crippen molar-refractivity contribution in [2.45, 2.75) is 91.8 Å². The normalized spacial score (nSPS) is 38.8. The van der Waals surface area contributed by atoms with Crippen molar-refractivity contribution in [2.75, 3.05) is 0 Å². The van der Waals surface area contributed by atoms with E-state index in [1.807, 2.05) is 13.8 Å². The second-order valence-corrected chi connectivity index (χ2v) is 8.92. The molecule has 5 atom stereocenters. The lowest BCUT2D eigenvalue weighted by Gasteiger charge is -2.43. The highest BCUT2D eigenvalue weighted by molar-refractivity contribution is 5.29. The van der Waals surface area contributed by atoms with Crippen molar-refractivity contribution in [2.24, 2.45) is 23.2 Å². The lowest BCUT2D eigenvalue weighted by Crippen LogP contribution is -2.35. The Labute approximate surface area is 161 Å². The van der Waals surface area contributed by atoms with E-state index in [1.165, 1.54) is 32.1 Å². The average molecular weight is 361 g/mol. The van der Waals surface area contributed by atoms with Gasteiger partial charge in [0.15, 0.2) is 0 Å². The topological polar surface area (TPSA) is 40.5 Å². The smallest absolute Gasteiger partial charge is 0.0809 e. The highest BCUT2D eigenvalue weighted by atomic mass is 16.3. The molecule has 0 aromatic heterocycles. The summed E-state index contributed by atoms with van der Waals surface area (Å²) in [6.07, 6.45) is 11.1. The van der Waals surface area contributed by atoms with Crippen LogP contribution < -0.4 is 0 Å². The summed E-state index contributed by atoms with van der Waals surface area (Å²) in [6, 6.07) is 0. The standard InChI is InChI=1S/C22H34O2.C2H6/c1-14(2)18-9-10-19-17(6-5-11-22(18,19)4)8-7-16-12-20(23)15(3)21(24)13-16;1-2/h7-8,14,18-21,23-24H,3,5-6,9-13H2,1-2,4H3;1-2H3/b17-8+;/t18?,19-,20+,21+,22+;/m0./s1. The van der Waals surface area contributed by atoms with Gasteiger partial charge in [0.05, 0.1) is 12.2 Å². The fourth-order valence-corrected chi connectivity index (χ4v) is 5.80. The van der Waals surface area contributed by atoms with Gasteiger partial charge in [-0.1, -0.05) is 64.5 Å². The molecule has 0 heterocycles. The van der Waals surface area contributed by atoms with Crippen molar-refractivity contribution in [3.8, 4) is 0 Å². The van der Waals surface area contributed by atoms with Crippen LogP contribution in [0.25, 0.3) is 0 Å². The van der Waals surface area contributed by atoms with Crippen molar-refractivity contribution < 1.29 is 10.2 Å². The third-order valence-electron chi connectivity index (χ3n) is 7.14. The van der Waals surface area contributed by atoms with Crippen LogP contribution in [-0.2, 0) is 0 Å². The van der Waals surface area contributed by atoms with E-state index in [-0.39, 0.29) is 0 Å². The summed E-state index contributed by atoms with van der Waals surface area (Å²) in [5.41, 5.74) is 3.80. The molecule has 0 spiro atoms. The van der Waals surface area contributed by atoms with Gasteiger partial charge in [-0.3, -0.25) is 0 Å². The van der Waals surface area contributed by atoms with Gasteiger partial charge in [0.1, 0.15) is 0 Å². The first-order valence-corrected chi connectivity index (χ1v) is 10.8. The molecule has 3 rings (SSSR count). The Morgan fingerprint density at radius 1 is 1.08 bits per heavy atom. The monoisotopic (exact) mass is 360 g/mol. The molecular weight excluding hydrogens is 320 g/mol. The Morgan fingerprint density at radius 3 is 2.27 bits per heavy atom. The van der Waals surface area contributed by atoms with Crippen molar-refractivity contribution in [1.82, 2.24) is 0 Å². The summed E-state index contributed by atoms with van der Waals surface area (Å²) in [4.78, 5) is 0. The number of aliphatic hydroxyl groups excluding tert-OH is 2. The first kappa shape index (κ1) is 21.4. The lowest BCUT2D eigenvalue weighted by molar-refractivity contribution is 0.104. The summed E-state index contributed by atoms with van der Waals surface area (Å²) in [6.45, 7) is 15.1. The fraction of sp³-hybridized carbons (Fsp3) is 0.750. The number of hydrogen-bond acceptors (Lipinski definition) is 2. The maximum Gasteiger partial charge on any atom is 0.0809 e. The van der Waals surface area contributed by atoms with Gasteiger partial charge in [-0.25, -0.2) is 0 Å². The van der Waals surface area contributed by atoms with Crippen LogP contribution in [0.2, 0.25) is 0 Å². The predicted molar refractivity (Wildman–Crippen MR) is 111 cm³/mol. The van der Waals surface area contributed by atoms with Crippen molar-refractivity contribution in [3.63, 3.8) is 0 Å². The highest BCUT2D eigenvalue weighted by Gasteiger charge is 2.49. The molecule has 0 bridgehead atoms. The van der Waals surface area contributed by atoms with Crippen molar-refractivity contribution in [3.05, 3.63) is 35.5 Å². The van der Waals surface area contributed by atoms with Crippen LogP contribution >= 0.6 is 0 Å². The molecule has 0 saturated heterocycles. The van der Waals surface area contributed by atoms with E-state index >= 15 is 0 Å². The zero-order valence-corrected chi connectivity index (χ0v) is 17.6. The molecule has 148 valence electrons. The van der Waals surface area contributed by atoms with E-state index in [0.717, 1.165) is 23.3 Å². The first-order chi connectivity index (χ1) is 12.3. The fourth-order valence-electron chi connectivity index (χ4n) is 5.80. The molecule has 2 heteroatoms. The third kappa shape index (κ3) is 4.17. The van der Waals surface area contributed by atoms with E-state index < -0.39 is 12.2 Å². The minimum Gasteiger partial charge on any atom is -0.388 e. The molecule has 0 aromatic rings. The van der Waals surface area contributed by atoms with Crippen LogP contribution in [0.3, 0.4) is 0 Å². The molecule has 1 unspecified atom stereocenters. The van der Waals surface area contributed by atoms with Gasteiger partial charge in [0, 0.05) is 0 Å². The Morgan fingerprint density at radius 2 is 1.69 bits per heavy atom. The number of hydrogen-bond donors (Lipinski definition) is 2. The van der Waals surface area contributed by atoms with Crippen molar-refractivity contribution in [1.29, 1.82) is 0 Å². The molecule has 3 saturated carbocycles. The molecule has 0 aliphatic heterocycles. The predicted octanol–water partition coefficient (Wildman–Crippen LogP) is 5.81. The average Bonchev–Trinajstić information content (AvgIpc) is 2.97. The van der Waals surface area contributed by atoms with Gasteiger partial charge in [0.25, 0.3) is 0 Å². The Hall–Kier alpha value is -0.860. The SMILES string of the molecule is C=C1[C@H](O)CC(=C/C=C2\CCC[C@]3(C)C(C(C)C)CC[C@@H]23)C[C@H]1O.CC. The minimum atomic E-state index is -0.591. The minimum absolute atomic E-state index is 0.469. The van der Waals surface area contributed by atoms with Crippen LogP contribution in [0.15, 0.2) is 35.5 Å². The quantitative estimate of drug-likeness (QED) is 0.610. The second-order valence-electron chi connectivity index (χ2n) is 8.92. The summed E-state index contributed by atoms with van der Waals surface area (Å²) >= 11 is 0. The molecule has 0 amide bonds.